The van der Waals surface area contributed by atoms with Gasteiger partial charge in [-0.3, -0.25) is 0 Å². The van der Waals surface area contributed by atoms with Gasteiger partial charge in [-0.25, -0.2) is 0 Å². The second kappa shape index (κ2) is 4.39. The molecule has 0 unspecified atom stereocenters. The van der Waals surface area contributed by atoms with Crippen LogP contribution in [0, 0.1) is 0 Å². The number of hydrogen-bond acceptors (Lipinski definition) is 4. The first-order chi connectivity index (χ1) is 8.99. The summed E-state index contributed by atoms with van der Waals surface area (Å²) in [5.74, 6) is 1.68. The van der Waals surface area contributed by atoms with E-state index in [0.29, 0.717) is 6.79 Å². The van der Waals surface area contributed by atoms with Gasteiger partial charge < -0.3 is 19.9 Å². The molecule has 4 nitrogen and oxygen atoms in total. The highest BCUT2D eigenvalue weighted by atomic mass is 16.7. The molecule has 0 spiro atoms. The molecular formula is C15H21NO3. The summed E-state index contributed by atoms with van der Waals surface area (Å²) in [5.41, 5.74) is 7.33. The summed E-state index contributed by atoms with van der Waals surface area (Å²) in [6.45, 7) is 5.99. The van der Waals surface area contributed by atoms with Crippen molar-refractivity contribution >= 4 is 0 Å². The van der Waals surface area contributed by atoms with Crippen LogP contribution >= 0.6 is 0 Å². The summed E-state index contributed by atoms with van der Waals surface area (Å²) in [4.78, 5) is 0. The molecule has 2 aliphatic heterocycles. The van der Waals surface area contributed by atoms with Gasteiger partial charge in [0, 0.05) is 11.0 Å². The molecule has 2 aliphatic rings. The summed E-state index contributed by atoms with van der Waals surface area (Å²) < 4.78 is 16.3. The third-order valence-electron chi connectivity index (χ3n) is 3.99. The third-order valence-corrected chi connectivity index (χ3v) is 3.99. The van der Waals surface area contributed by atoms with Crippen LogP contribution in [0.4, 0.5) is 0 Å². The molecule has 3 rings (SSSR count). The van der Waals surface area contributed by atoms with Gasteiger partial charge in [-0.1, -0.05) is 6.07 Å². The topological polar surface area (TPSA) is 53.7 Å². The minimum absolute atomic E-state index is 0.0949. The molecule has 1 saturated heterocycles. The van der Waals surface area contributed by atoms with Crippen molar-refractivity contribution in [2.45, 2.75) is 37.6 Å². The lowest BCUT2D eigenvalue weighted by Gasteiger charge is -2.43. The van der Waals surface area contributed by atoms with Gasteiger partial charge >= 0.3 is 0 Å². The van der Waals surface area contributed by atoms with E-state index < -0.39 is 0 Å². The van der Waals surface area contributed by atoms with Crippen molar-refractivity contribution < 1.29 is 14.2 Å². The average molecular weight is 263 g/mol. The van der Waals surface area contributed by atoms with E-state index in [1.807, 2.05) is 6.07 Å². The SMILES string of the molecule is CC(C)(N)CCC1(c2ccc3c(c2)OCO3)COC1. The Kier molecular flexibility index (Phi) is 2.95. The molecule has 0 aliphatic carbocycles. The molecule has 1 fully saturated rings. The number of hydrogen-bond donors (Lipinski definition) is 1. The van der Waals surface area contributed by atoms with E-state index >= 15 is 0 Å². The predicted octanol–water partition coefficient (Wildman–Crippen LogP) is 2.20. The van der Waals surface area contributed by atoms with Crippen molar-refractivity contribution in [3.63, 3.8) is 0 Å². The lowest BCUT2D eigenvalue weighted by molar-refractivity contribution is -0.0669. The van der Waals surface area contributed by atoms with Crippen molar-refractivity contribution in [2.24, 2.45) is 5.73 Å². The fourth-order valence-electron chi connectivity index (χ4n) is 2.59. The van der Waals surface area contributed by atoms with Crippen molar-refractivity contribution in [3.8, 4) is 11.5 Å². The zero-order chi connectivity index (χ0) is 13.5. The molecule has 0 aromatic heterocycles. The molecule has 2 heterocycles. The van der Waals surface area contributed by atoms with Crippen LogP contribution in [0.2, 0.25) is 0 Å². The minimum Gasteiger partial charge on any atom is -0.454 e. The Morgan fingerprint density at radius 2 is 1.95 bits per heavy atom. The fraction of sp³-hybridized carbons (Fsp3) is 0.600. The van der Waals surface area contributed by atoms with Gasteiger partial charge in [-0.15, -0.1) is 0 Å². The number of fused-ring (bicyclic) bond motifs is 1. The first kappa shape index (κ1) is 12.8. The van der Waals surface area contributed by atoms with Crippen molar-refractivity contribution in [1.82, 2.24) is 0 Å². The van der Waals surface area contributed by atoms with E-state index in [-0.39, 0.29) is 11.0 Å². The molecule has 1 aromatic carbocycles. The third kappa shape index (κ3) is 2.42. The molecular weight excluding hydrogens is 242 g/mol. The highest BCUT2D eigenvalue weighted by Crippen LogP contribution is 2.42. The maximum absolute atomic E-state index is 6.10. The molecule has 4 heteroatoms. The predicted molar refractivity (Wildman–Crippen MR) is 72.6 cm³/mol. The van der Waals surface area contributed by atoms with Gasteiger partial charge in [0.1, 0.15) is 0 Å². The quantitative estimate of drug-likeness (QED) is 0.904. The molecule has 1 aromatic rings. The summed E-state index contributed by atoms with van der Waals surface area (Å²) in [6.07, 6.45) is 2.01. The van der Waals surface area contributed by atoms with Gasteiger partial charge in [-0.05, 0) is 44.4 Å². The fourth-order valence-corrected chi connectivity index (χ4v) is 2.59. The molecule has 0 radical (unpaired) electrons. The number of ether oxygens (including phenoxy) is 3. The lowest BCUT2D eigenvalue weighted by Crippen LogP contribution is -2.48. The van der Waals surface area contributed by atoms with E-state index in [4.69, 9.17) is 19.9 Å². The number of nitrogens with two attached hydrogens (primary N) is 1. The van der Waals surface area contributed by atoms with E-state index in [9.17, 15) is 0 Å². The van der Waals surface area contributed by atoms with Gasteiger partial charge in [0.2, 0.25) is 6.79 Å². The first-order valence-corrected chi connectivity index (χ1v) is 6.75. The van der Waals surface area contributed by atoms with E-state index in [1.165, 1.54) is 5.56 Å². The van der Waals surface area contributed by atoms with Gasteiger partial charge in [0.05, 0.1) is 13.2 Å². The Morgan fingerprint density at radius 3 is 2.58 bits per heavy atom. The largest absolute Gasteiger partial charge is 0.454 e. The van der Waals surface area contributed by atoms with Crippen LogP contribution in [0.5, 0.6) is 11.5 Å². The van der Waals surface area contributed by atoms with Crippen molar-refractivity contribution in [1.29, 1.82) is 0 Å². The van der Waals surface area contributed by atoms with Crippen molar-refractivity contribution in [2.75, 3.05) is 20.0 Å². The Morgan fingerprint density at radius 1 is 1.21 bits per heavy atom. The maximum Gasteiger partial charge on any atom is 0.231 e. The Labute approximate surface area is 113 Å². The summed E-state index contributed by atoms with van der Waals surface area (Å²) in [6, 6.07) is 6.21. The maximum atomic E-state index is 6.10. The zero-order valence-corrected chi connectivity index (χ0v) is 11.6. The molecule has 0 atom stereocenters. The van der Waals surface area contributed by atoms with E-state index in [1.54, 1.807) is 0 Å². The second-order valence-corrected chi connectivity index (χ2v) is 6.33. The minimum atomic E-state index is -0.140. The van der Waals surface area contributed by atoms with Gasteiger partial charge in [-0.2, -0.15) is 0 Å². The van der Waals surface area contributed by atoms with Crippen LogP contribution in [-0.2, 0) is 10.2 Å². The van der Waals surface area contributed by atoms with Crippen molar-refractivity contribution in [3.05, 3.63) is 23.8 Å². The van der Waals surface area contributed by atoms with Crippen LogP contribution in [0.3, 0.4) is 0 Å². The molecule has 0 bridgehead atoms. The highest BCUT2D eigenvalue weighted by Gasteiger charge is 2.41. The lowest BCUT2D eigenvalue weighted by atomic mass is 9.73. The summed E-state index contributed by atoms with van der Waals surface area (Å²) in [7, 11) is 0. The number of rotatable bonds is 4. The molecule has 104 valence electrons. The standard InChI is InChI=1S/C15H21NO3/c1-14(2,16)5-6-15(8-17-9-15)11-3-4-12-13(7-11)19-10-18-12/h3-4,7H,5-6,8-10,16H2,1-2H3. The Balaban J connectivity index is 1.81. The van der Waals surface area contributed by atoms with Crippen LogP contribution in [0.1, 0.15) is 32.3 Å². The number of benzene rings is 1. The van der Waals surface area contributed by atoms with E-state index in [0.717, 1.165) is 37.6 Å². The van der Waals surface area contributed by atoms with Crippen LogP contribution in [0.15, 0.2) is 18.2 Å². The Hall–Kier alpha value is -1.26. The van der Waals surface area contributed by atoms with Crippen LogP contribution in [0.25, 0.3) is 0 Å². The van der Waals surface area contributed by atoms with Crippen LogP contribution < -0.4 is 15.2 Å². The normalized spacial score (nSPS) is 20.2. The zero-order valence-electron chi connectivity index (χ0n) is 11.6. The molecule has 19 heavy (non-hydrogen) atoms. The summed E-state index contributed by atoms with van der Waals surface area (Å²) in [5, 5.41) is 0. The highest BCUT2D eigenvalue weighted by molar-refractivity contribution is 5.47. The van der Waals surface area contributed by atoms with Gasteiger partial charge in [0.25, 0.3) is 0 Å². The Bertz CT molecular complexity index is 475. The molecule has 0 saturated carbocycles. The molecule has 2 N–H and O–H groups in total. The molecule has 0 amide bonds. The van der Waals surface area contributed by atoms with Gasteiger partial charge in [0.15, 0.2) is 11.5 Å². The van der Waals surface area contributed by atoms with E-state index in [2.05, 4.69) is 26.0 Å². The second-order valence-electron chi connectivity index (χ2n) is 6.33. The monoisotopic (exact) mass is 263 g/mol. The van der Waals surface area contributed by atoms with Crippen LogP contribution in [-0.4, -0.2) is 25.5 Å². The average Bonchev–Trinajstić information content (AvgIpc) is 2.73. The smallest absolute Gasteiger partial charge is 0.231 e. The first-order valence-electron chi connectivity index (χ1n) is 6.75. The summed E-state index contributed by atoms with van der Waals surface area (Å²) >= 11 is 0.